The summed E-state index contributed by atoms with van der Waals surface area (Å²) in [7, 11) is 1.65. The number of anilines is 1. The fourth-order valence-electron chi connectivity index (χ4n) is 2.78. The van der Waals surface area contributed by atoms with Crippen molar-refractivity contribution in [3.05, 3.63) is 59.3 Å². The summed E-state index contributed by atoms with van der Waals surface area (Å²) in [6.45, 7) is 2.38. The second-order valence-corrected chi connectivity index (χ2v) is 5.92. The standard InChI is InChI=1S/C17H18N8O/c1-11-6-7-24(23-11)17-22-16(18)21-15-12(9-19-25(15)17)8-13-4-3-5-14(20-13)10-26-2/h3-7,9H,8,10H2,1-2H3,(H2,18,21). The van der Waals surface area contributed by atoms with Crippen molar-refractivity contribution in [1.29, 1.82) is 0 Å². The van der Waals surface area contributed by atoms with E-state index < -0.39 is 0 Å². The maximum Gasteiger partial charge on any atom is 0.257 e. The van der Waals surface area contributed by atoms with Gasteiger partial charge >= 0.3 is 0 Å². The molecule has 0 atom stereocenters. The van der Waals surface area contributed by atoms with Crippen LogP contribution in [0.5, 0.6) is 0 Å². The van der Waals surface area contributed by atoms with E-state index in [2.05, 4.69) is 25.1 Å². The Morgan fingerprint density at radius 1 is 1.12 bits per heavy atom. The van der Waals surface area contributed by atoms with Gasteiger partial charge < -0.3 is 10.5 Å². The molecule has 0 fully saturated rings. The normalized spacial score (nSPS) is 11.3. The first-order valence-electron chi connectivity index (χ1n) is 8.10. The number of methoxy groups -OCH3 is 1. The van der Waals surface area contributed by atoms with E-state index in [1.807, 2.05) is 37.4 Å². The van der Waals surface area contributed by atoms with E-state index in [-0.39, 0.29) is 5.95 Å². The number of hydrogen-bond acceptors (Lipinski definition) is 7. The molecule has 0 bridgehead atoms. The van der Waals surface area contributed by atoms with E-state index in [4.69, 9.17) is 10.5 Å². The van der Waals surface area contributed by atoms with Gasteiger partial charge in [-0.1, -0.05) is 6.07 Å². The zero-order valence-electron chi connectivity index (χ0n) is 14.5. The van der Waals surface area contributed by atoms with E-state index in [9.17, 15) is 0 Å². The fraction of sp³-hybridized carbons (Fsp3) is 0.235. The molecule has 9 nitrogen and oxygen atoms in total. The van der Waals surface area contributed by atoms with Crippen molar-refractivity contribution in [2.24, 2.45) is 0 Å². The van der Waals surface area contributed by atoms with Crippen LogP contribution in [-0.4, -0.2) is 41.5 Å². The zero-order valence-corrected chi connectivity index (χ0v) is 14.5. The van der Waals surface area contributed by atoms with Crippen LogP contribution in [0.15, 0.2) is 36.7 Å². The molecule has 0 aromatic carbocycles. The number of fused-ring (bicyclic) bond motifs is 1. The van der Waals surface area contributed by atoms with Crippen molar-refractivity contribution in [1.82, 2.24) is 34.3 Å². The SMILES string of the molecule is COCc1cccc(Cc2cnn3c(-n4ccc(C)n4)nc(N)nc23)n1. The number of nitrogen functional groups attached to an aromatic ring is 1. The van der Waals surface area contributed by atoms with Gasteiger partial charge in [0.15, 0.2) is 5.65 Å². The highest BCUT2D eigenvalue weighted by Crippen LogP contribution is 2.17. The summed E-state index contributed by atoms with van der Waals surface area (Å²) in [6, 6.07) is 7.75. The molecule has 0 unspecified atom stereocenters. The number of rotatable bonds is 5. The van der Waals surface area contributed by atoms with Crippen molar-refractivity contribution in [3.8, 4) is 5.95 Å². The molecule has 26 heavy (non-hydrogen) atoms. The Morgan fingerprint density at radius 3 is 2.73 bits per heavy atom. The Bertz CT molecular complexity index is 1070. The topological polar surface area (TPSA) is 109 Å². The van der Waals surface area contributed by atoms with Gasteiger partial charge in [-0.2, -0.15) is 24.7 Å². The van der Waals surface area contributed by atoms with Crippen molar-refractivity contribution < 1.29 is 4.74 Å². The molecule has 0 aliphatic heterocycles. The van der Waals surface area contributed by atoms with Gasteiger partial charge in [0.1, 0.15) is 0 Å². The maximum atomic E-state index is 5.92. The van der Waals surface area contributed by atoms with Crippen molar-refractivity contribution in [3.63, 3.8) is 0 Å². The molecular weight excluding hydrogens is 332 g/mol. The number of ether oxygens (including phenoxy) is 1. The first kappa shape index (κ1) is 16.2. The minimum atomic E-state index is 0.170. The Hall–Kier alpha value is -3.33. The summed E-state index contributed by atoms with van der Waals surface area (Å²) in [6.07, 6.45) is 4.15. The third-order valence-corrected chi connectivity index (χ3v) is 3.90. The molecule has 0 amide bonds. The number of aryl methyl sites for hydroxylation is 1. The van der Waals surface area contributed by atoms with Crippen LogP contribution >= 0.6 is 0 Å². The molecule has 0 aliphatic carbocycles. The third kappa shape index (κ3) is 3.00. The van der Waals surface area contributed by atoms with Gasteiger partial charge in [-0.05, 0) is 25.1 Å². The summed E-state index contributed by atoms with van der Waals surface area (Å²) >= 11 is 0. The van der Waals surface area contributed by atoms with E-state index in [0.717, 1.165) is 22.6 Å². The molecular formula is C17H18N8O. The quantitative estimate of drug-likeness (QED) is 0.578. The van der Waals surface area contributed by atoms with Crippen LogP contribution in [-0.2, 0) is 17.8 Å². The number of pyridine rings is 1. The zero-order chi connectivity index (χ0) is 18.1. The monoisotopic (exact) mass is 350 g/mol. The van der Waals surface area contributed by atoms with Gasteiger partial charge in [0.05, 0.1) is 24.2 Å². The number of nitrogens with zero attached hydrogens (tertiary/aromatic N) is 7. The van der Waals surface area contributed by atoms with Crippen LogP contribution in [0.4, 0.5) is 5.95 Å². The summed E-state index contributed by atoms with van der Waals surface area (Å²) in [5, 5.41) is 8.80. The third-order valence-electron chi connectivity index (χ3n) is 3.90. The summed E-state index contributed by atoms with van der Waals surface area (Å²) in [5.41, 5.74) is 10.1. The molecule has 4 aromatic rings. The molecule has 4 aromatic heterocycles. The van der Waals surface area contributed by atoms with Crippen molar-refractivity contribution in [2.45, 2.75) is 20.0 Å². The molecule has 0 spiro atoms. The lowest BCUT2D eigenvalue weighted by Gasteiger charge is -2.06. The lowest BCUT2D eigenvalue weighted by molar-refractivity contribution is 0.181. The average Bonchev–Trinajstić information content (AvgIpc) is 3.22. The van der Waals surface area contributed by atoms with Gasteiger partial charge in [-0.3, -0.25) is 4.98 Å². The first-order valence-corrected chi connectivity index (χ1v) is 8.10. The molecule has 4 heterocycles. The first-order chi connectivity index (χ1) is 12.6. The Balaban J connectivity index is 1.75. The van der Waals surface area contributed by atoms with Crippen LogP contribution in [0.2, 0.25) is 0 Å². The van der Waals surface area contributed by atoms with Crippen LogP contribution in [0.25, 0.3) is 11.6 Å². The Kier molecular flexibility index (Phi) is 4.05. The molecule has 0 radical (unpaired) electrons. The average molecular weight is 350 g/mol. The minimum absolute atomic E-state index is 0.170. The van der Waals surface area contributed by atoms with E-state index in [0.29, 0.717) is 24.6 Å². The molecule has 0 saturated carbocycles. The lowest BCUT2D eigenvalue weighted by Crippen LogP contribution is -2.11. The largest absolute Gasteiger partial charge is 0.378 e. The van der Waals surface area contributed by atoms with Gasteiger partial charge in [0.25, 0.3) is 5.95 Å². The highest BCUT2D eigenvalue weighted by molar-refractivity contribution is 5.52. The van der Waals surface area contributed by atoms with Crippen LogP contribution in [0.3, 0.4) is 0 Å². The van der Waals surface area contributed by atoms with E-state index >= 15 is 0 Å². The van der Waals surface area contributed by atoms with Gasteiger partial charge in [-0.25, -0.2) is 4.68 Å². The second-order valence-electron chi connectivity index (χ2n) is 5.92. The predicted octanol–water partition coefficient (Wildman–Crippen LogP) is 1.33. The minimum Gasteiger partial charge on any atom is -0.378 e. The lowest BCUT2D eigenvalue weighted by atomic mass is 10.1. The van der Waals surface area contributed by atoms with Gasteiger partial charge in [-0.15, -0.1) is 0 Å². The Labute approximate surface area is 149 Å². The van der Waals surface area contributed by atoms with E-state index in [1.165, 1.54) is 0 Å². The van der Waals surface area contributed by atoms with Gasteiger partial charge in [0, 0.05) is 31.0 Å². The fourth-order valence-corrected chi connectivity index (χ4v) is 2.78. The second kappa shape index (κ2) is 6.52. The number of nitrogens with two attached hydrogens (primary N) is 1. The Morgan fingerprint density at radius 2 is 1.96 bits per heavy atom. The summed E-state index contributed by atoms with van der Waals surface area (Å²) in [5.74, 6) is 0.663. The van der Waals surface area contributed by atoms with Crippen molar-refractivity contribution in [2.75, 3.05) is 12.8 Å². The summed E-state index contributed by atoms with van der Waals surface area (Å²) < 4.78 is 8.41. The van der Waals surface area contributed by atoms with Crippen LogP contribution in [0, 0.1) is 6.92 Å². The molecule has 132 valence electrons. The molecule has 9 heteroatoms. The molecule has 2 N–H and O–H groups in total. The van der Waals surface area contributed by atoms with Crippen molar-refractivity contribution >= 4 is 11.6 Å². The highest BCUT2D eigenvalue weighted by atomic mass is 16.5. The van der Waals surface area contributed by atoms with Crippen LogP contribution in [0.1, 0.15) is 22.6 Å². The smallest absolute Gasteiger partial charge is 0.257 e. The maximum absolute atomic E-state index is 5.92. The molecule has 4 rings (SSSR count). The molecule has 0 saturated heterocycles. The summed E-state index contributed by atoms with van der Waals surface area (Å²) in [4.78, 5) is 13.2. The van der Waals surface area contributed by atoms with Crippen LogP contribution < -0.4 is 5.73 Å². The highest BCUT2D eigenvalue weighted by Gasteiger charge is 2.15. The van der Waals surface area contributed by atoms with E-state index in [1.54, 1.807) is 22.5 Å². The number of hydrogen-bond donors (Lipinski definition) is 1. The predicted molar refractivity (Wildman–Crippen MR) is 94.8 cm³/mol. The molecule has 0 aliphatic rings. The number of aromatic nitrogens is 7. The van der Waals surface area contributed by atoms with Gasteiger partial charge in [0.2, 0.25) is 5.95 Å².